The fourth-order valence-corrected chi connectivity index (χ4v) is 5.23. The van der Waals surface area contributed by atoms with Gasteiger partial charge in [0, 0.05) is 18.8 Å². The highest BCUT2D eigenvalue weighted by Gasteiger charge is 2.34. The molecule has 0 aromatic heterocycles. The van der Waals surface area contributed by atoms with E-state index in [1.807, 2.05) is 44.2 Å². The number of rotatable bonds is 5. The number of nitrogens with zero attached hydrogens (tertiary/aromatic N) is 1. The molecule has 2 aromatic carbocycles. The number of carbonyl (C=O) groups is 1. The van der Waals surface area contributed by atoms with Crippen molar-refractivity contribution in [1.29, 1.82) is 0 Å². The molecule has 1 heterocycles. The van der Waals surface area contributed by atoms with Crippen LogP contribution in [0.5, 0.6) is 5.75 Å². The molecule has 1 saturated heterocycles. The Morgan fingerprint density at radius 3 is 2.61 bits per heavy atom. The molecule has 7 heteroatoms. The predicted molar refractivity (Wildman–Crippen MR) is 109 cm³/mol. The molecule has 0 aliphatic carbocycles. The van der Waals surface area contributed by atoms with Gasteiger partial charge in [-0.15, -0.1) is 0 Å². The number of ether oxygens (including phenoxy) is 1. The van der Waals surface area contributed by atoms with E-state index in [9.17, 15) is 13.2 Å². The van der Waals surface area contributed by atoms with Gasteiger partial charge in [0.1, 0.15) is 10.6 Å². The zero-order valence-corrected chi connectivity index (χ0v) is 17.3. The zero-order chi connectivity index (χ0) is 20.3. The van der Waals surface area contributed by atoms with Crippen LogP contribution in [0.4, 0.5) is 5.69 Å². The molecule has 150 valence electrons. The fourth-order valence-electron chi connectivity index (χ4n) is 3.47. The van der Waals surface area contributed by atoms with Gasteiger partial charge in [-0.3, -0.25) is 4.79 Å². The van der Waals surface area contributed by atoms with Crippen LogP contribution in [0.15, 0.2) is 47.4 Å². The minimum atomic E-state index is -3.74. The summed E-state index contributed by atoms with van der Waals surface area (Å²) < 4.78 is 33.1. The highest BCUT2D eigenvalue weighted by molar-refractivity contribution is 7.89. The van der Waals surface area contributed by atoms with Crippen LogP contribution in [-0.4, -0.2) is 38.8 Å². The highest BCUT2D eigenvalue weighted by Crippen LogP contribution is 2.31. The molecular formula is C21H26N2O4S. The van der Waals surface area contributed by atoms with Crippen LogP contribution in [0.3, 0.4) is 0 Å². The van der Waals surface area contributed by atoms with Gasteiger partial charge in [0.15, 0.2) is 0 Å². The number of anilines is 1. The lowest BCUT2D eigenvalue weighted by Crippen LogP contribution is -2.43. The van der Waals surface area contributed by atoms with Crippen molar-refractivity contribution in [1.82, 2.24) is 4.31 Å². The van der Waals surface area contributed by atoms with E-state index in [1.54, 1.807) is 12.1 Å². The Hall–Kier alpha value is -2.38. The first-order valence-corrected chi connectivity index (χ1v) is 10.8. The third kappa shape index (κ3) is 4.36. The quantitative estimate of drug-likeness (QED) is 0.832. The number of aryl methyl sites for hydroxylation is 2. The molecule has 3 rings (SSSR count). The summed E-state index contributed by atoms with van der Waals surface area (Å²) in [6.45, 7) is 4.36. The van der Waals surface area contributed by atoms with E-state index >= 15 is 0 Å². The minimum Gasteiger partial charge on any atom is -0.495 e. The lowest BCUT2D eigenvalue weighted by atomic mass is 9.98. The normalized spacial score (nSPS) is 17.9. The number of benzene rings is 2. The Kier molecular flexibility index (Phi) is 6.05. The van der Waals surface area contributed by atoms with Gasteiger partial charge < -0.3 is 10.1 Å². The molecule has 1 aliphatic rings. The number of methoxy groups -OCH3 is 1. The number of piperidine rings is 1. The van der Waals surface area contributed by atoms with Crippen LogP contribution in [-0.2, 0) is 14.8 Å². The summed E-state index contributed by atoms with van der Waals surface area (Å²) in [6.07, 6.45) is 1.30. The maximum atomic E-state index is 13.2. The number of carbonyl (C=O) groups excluding carboxylic acids is 1. The summed E-state index contributed by atoms with van der Waals surface area (Å²) in [5.41, 5.74) is 2.62. The topological polar surface area (TPSA) is 75.7 Å². The molecule has 0 unspecified atom stereocenters. The Morgan fingerprint density at radius 1 is 1.14 bits per heavy atom. The van der Waals surface area contributed by atoms with Crippen molar-refractivity contribution in [2.45, 2.75) is 31.6 Å². The summed E-state index contributed by atoms with van der Waals surface area (Å²) in [6, 6.07) is 12.7. The van der Waals surface area contributed by atoms with Crippen LogP contribution < -0.4 is 10.1 Å². The third-order valence-electron chi connectivity index (χ3n) is 4.98. The van der Waals surface area contributed by atoms with Crippen molar-refractivity contribution < 1.29 is 17.9 Å². The van der Waals surface area contributed by atoms with Crippen molar-refractivity contribution in [3.05, 3.63) is 53.6 Å². The standard InChI is InChI=1S/C21H26N2O4S/c1-15-6-4-8-18(12-15)22-21(24)17-7-5-11-23(14-17)28(25,26)20-13-16(2)9-10-19(20)27-3/h4,6,8-10,12-13,17H,5,7,11,14H2,1-3H3,(H,22,24)/t17-/m0/s1. The summed E-state index contributed by atoms with van der Waals surface area (Å²) in [7, 11) is -2.29. The molecule has 0 bridgehead atoms. The maximum Gasteiger partial charge on any atom is 0.246 e. The van der Waals surface area contributed by atoms with Gasteiger partial charge in [-0.1, -0.05) is 18.2 Å². The van der Waals surface area contributed by atoms with Crippen LogP contribution in [0, 0.1) is 19.8 Å². The Balaban J connectivity index is 1.79. The van der Waals surface area contributed by atoms with E-state index in [0.29, 0.717) is 25.1 Å². The van der Waals surface area contributed by atoms with Gasteiger partial charge in [0.05, 0.1) is 13.0 Å². The second-order valence-electron chi connectivity index (χ2n) is 7.22. The van der Waals surface area contributed by atoms with Crippen LogP contribution in [0.2, 0.25) is 0 Å². The molecule has 1 fully saturated rings. The molecule has 28 heavy (non-hydrogen) atoms. The number of sulfonamides is 1. The van der Waals surface area contributed by atoms with E-state index < -0.39 is 10.0 Å². The molecule has 0 radical (unpaired) electrons. The van der Waals surface area contributed by atoms with E-state index in [1.165, 1.54) is 11.4 Å². The molecule has 1 atom stereocenters. The van der Waals surface area contributed by atoms with E-state index in [4.69, 9.17) is 4.74 Å². The largest absolute Gasteiger partial charge is 0.495 e. The summed E-state index contributed by atoms with van der Waals surface area (Å²) in [5, 5.41) is 2.91. The third-order valence-corrected chi connectivity index (χ3v) is 6.86. The molecule has 1 amide bonds. The SMILES string of the molecule is COc1ccc(C)cc1S(=O)(=O)N1CCC[C@H](C(=O)Nc2cccc(C)c2)C1. The lowest BCUT2D eigenvalue weighted by Gasteiger charge is -2.31. The molecule has 0 saturated carbocycles. The monoisotopic (exact) mass is 402 g/mol. The Labute approximate surface area is 166 Å². The van der Waals surface area contributed by atoms with Crippen LogP contribution >= 0.6 is 0 Å². The van der Waals surface area contributed by atoms with Gasteiger partial charge in [0.25, 0.3) is 0 Å². The van der Waals surface area contributed by atoms with Crippen molar-refractivity contribution in [2.24, 2.45) is 5.92 Å². The van der Waals surface area contributed by atoms with Crippen LogP contribution in [0.25, 0.3) is 0 Å². The van der Waals surface area contributed by atoms with Gasteiger partial charge in [-0.05, 0) is 62.1 Å². The molecular weight excluding hydrogens is 376 g/mol. The van der Waals surface area contributed by atoms with Crippen molar-refractivity contribution >= 4 is 21.6 Å². The van der Waals surface area contributed by atoms with Crippen LogP contribution in [0.1, 0.15) is 24.0 Å². The predicted octanol–water partition coefficient (Wildman–Crippen LogP) is 3.35. The van der Waals surface area contributed by atoms with E-state index in [-0.39, 0.29) is 23.3 Å². The summed E-state index contributed by atoms with van der Waals surface area (Å²) in [5.74, 6) is -0.224. The van der Waals surface area contributed by atoms with E-state index in [0.717, 1.165) is 16.8 Å². The molecule has 1 N–H and O–H groups in total. The molecule has 6 nitrogen and oxygen atoms in total. The highest BCUT2D eigenvalue weighted by atomic mass is 32.2. The molecule has 1 aliphatic heterocycles. The van der Waals surface area contributed by atoms with Gasteiger partial charge in [-0.2, -0.15) is 4.31 Å². The number of hydrogen-bond acceptors (Lipinski definition) is 4. The Morgan fingerprint density at radius 2 is 1.89 bits per heavy atom. The average molecular weight is 403 g/mol. The van der Waals surface area contributed by atoms with Crippen molar-refractivity contribution in [3.63, 3.8) is 0 Å². The Bertz CT molecular complexity index is 972. The van der Waals surface area contributed by atoms with Gasteiger partial charge in [0.2, 0.25) is 15.9 Å². The first-order valence-electron chi connectivity index (χ1n) is 9.33. The molecule has 0 spiro atoms. The van der Waals surface area contributed by atoms with Crippen molar-refractivity contribution in [3.8, 4) is 5.75 Å². The number of hydrogen-bond donors (Lipinski definition) is 1. The second-order valence-corrected chi connectivity index (χ2v) is 9.12. The first-order chi connectivity index (χ1) is 13.3. The average Bonchev–Trinajstić information content (AvgIpc) is 2.68. The fraction of sp³-hybridized carbons (Fsp3) is 0.381. The minimum absolute atomic E-state index is 0.148. The zero-order valence-electron chi connectivity index (χ0n) is 16.4. The maximum absolute atomic E-state index is 13.2. The number of nitrogens with one attached hydrogen (secondary N) is 1. The molecule has 2 aromatic rings. The summed E-state index contributed by atoms with van der Waals surface area (Å²) >= 11 is 0. The van der Waals surface area contributed by atoms with Crippen molar-refractivity contribution in [2.75, 3.05) is 25.5 Å². The lowest BCUT2D eigenvalue weighted by molar-refractivity contribution is -0.120. The van der Waals surface area contributed by atoms with Gasteiger partial charge in [-0.25, -0.2) is 8.42 Å². The number of amides is 1. The first kappa shape index (κ1) is 20.4. The smallest absolute Gasteiger partial charge is 0.246 e. The second kappa shape index (κ2) is 8.32. The summed E-state index contributed by atoms with van der Waals surface area (Å²) in [4.78, 5) is 12.9. The van der Waals surface area contributed by atoms with E-state index in [2.05, 4.69) is 5.32 Å². The van der Waals surface area contributed by atoms with Gasteiger partial charge >= 0.3 is 0 Å².